The van der Waals surface area contributed by atoms with Gasteiger partial charge < -0.3 is 14.6 Å². The molecule has 2 aromatic carbocycles. The Labute approximate surface area is 161 Å². The van der Waals surface area contributed by atoms with E-state index in [0.29, 0.717) is 17.4 Å². The number of imidazole rings is 1. The summed E-state index contributed by atoms with van der Waals surface area (Å²) in [6, 6.07) is 16.9. The van der Waals surface area contributed by atoms with E-state index < -0.39 is 0 Å². The molecule has 1 heterocycles. The largest absolute Gasteiger partial charge is 0.497 e. The van der Waals surface area contributed by atoms with E-state index in [1.807, 2.05) is 24.3 Å². The number of benzene rings is 2. The maximum absolute atomic E-state index is 5.27. The lowest BCUT2D eigenvalue weighted by molar-refractivity contribution is 0.140. The zero-order valence-corrected chi connectivity index (χ0v) is 16.7. The minimum atomic E-state index is 0.352. The number of fused-ring (bicyclic) bond motifs is 1. The number of nitrogens with zero attached hydrogens (tertiary/aromatic N) is 2. The van der Waals surface area contributed by atoms with Crippen LogP contribution in [0.1, 0.15) is 46.1 Å². The molecule has 0 saturated heterocycles. The zero-order valence-electron chi connectivity index (χ0n) is 16.7. The molecule has 2 atom stereocenters. The van der Waals surface area contributed by atoms with Gasteiger partial charge in [0.25, 0.3) is 0 Å². The normalized spacial score (nSPS) is 21.9. The SMILES string of the molecule is COc1ccc(Nc2nc3ccccc3n2[C@@H]2C[C@H](C)CC(C)(C)C2)cc1. The average Bonchev–Trinajstić information content (AvgIpc) is 2.98. The van der Waals surface area contributed by atoms with Crippen LogP contribution >= 0.6 is 0 Å². The number of hydrogen-bond donors (Lipinski definition) is 1. The highest BCUT2D eigenvalue weighted by molar-refractivity contribution is 5.80. The first-order chi connectivity index (χ1) is 12.9. The second-order valence-electron chi connectivity index (χ2n) is 8.71. The molecule has 0 aliphatic heterocycles. The number of hydrogen-bond acceptors (Lipinski definition) is 3. The van der Waals surface area contributed by atoms with E-state index in [0.717, 1.165) is 22.9 Å². The molecule has 3 aromatic rings. The van der Waals surface area contributed by atoms with Crippen LogP contribution in [0.2, 0.25) is 0 Å². The highest BCUT2D eigenvalue weighted by Gasteiger charge is 2.34. The van der Waals surface area contributed by atoms with Gasteiger partial charge in [-0.05, 0) is 67.0 Å². The first-order valence-corrected chi connectivity index (χ1v) is 9.83. The van der Waals surface area contributed by atoms with Crippen molar-refractivity contribution >= 4 is 22.7 Å². The van der Waals surface area contributed by atoms with Gasteiger partial charge in [-0.25, -0.2) is 4.98 Å². The van der Waals surface area contributed by atoms with Crippen molar-refractivity contribution in [2.24, 2.45) is 11.3 Å². The van der Waals surface area contributed by atoms with Crippen molar-refractivity contribution < 1.29 is 4.74 Å². The van der Waals surface area contributed by atoms with Crippen LogP contribution < -0.4 is 10.1 Å². The Kier molecular flexibility index (Phi) is 4.58. The Morgan fingerprint density at radius 3 is 2.52 bits per heavy atom. The van der Waals surface area contributed by atoms with Crippen molar-refractivity contribution in [2.75, 3.05) is 12.4 Å². The second kappa shape index (κ2) is 6.91. The van der Waals surface area contributed by atoms with Gasteiger partial charge >= 0.3 is 0 Å². The van der Waals surface area contributed by atoms with Crippen LogP contribution in [-0.2, 0) is 0 Å². The summed E-state index contributed by atoms with van der Waals surface area (Å²) < 4.78 is 7.70. The van der Waals surface area contributed by atoms with Gasteiger partial charge in [-0.3, -0.25) is 0 Å². The molecule has 1 aliphatic carbocycles. The van der Waals surface area contributed by atoms with Gasteiger partial charge in [0, 0.05) is 11.7 Å². The fourth-order valence-electron chi connectivity index (χ4n) is 4.80. The monoisotopic (exact) mass is 363 g/mol. The molecular weight excluding hydrogens is 334 g/mol. The molecule has 0 radical (unpaired) electrons. The smallest absolute Gasteiger partial charge is 0.208 e. The van der Waals surface area contributed by atoms with Crippen molar-refractivity contribution in [3.05, 3.63) is 48.5 Å². The van der Waals surface area contributed by atoms with E-state index in [-0.39, 0.29) is 0 Å². The Hall–Kier alpha value is -2.49. The molecular formula is C23H29N3O. The van der Waals surface area contributed by atoms with E-state index in [1.54, 1.807) is 7.11 Å². The van der Waals surface area contributed by atoms with Crippen LogP contribution in [-0.4, -0.2) is 16.7 Å². The van der Waals surface area contributed by atoms with E-state index >= 15 is 0 Å². The molecule has 27 heavy (non-hydrogen) atoms. The van der Waals surface area contributed by atoms with Gasteiger partial charge in [-0.15, -0.1) is 0 Å². The summed E-state index contributed by atoms with van der Waals surface area (Å²) in [7, 11) is 1.69. The third-order valence-electron chi connectivity index (χ3n) is 5.67. The third-order valence-corrected chi connectivity index (χ3v) is 5.67. The van der Waals surface area contributed by atoms with Crippen LogP contribution in [0.15, 0.2) is 48.5 Å². The van der Waals surface area contributed by atoms with Crippen LogP contribution in [0.5, 0.6) is 5.75 Å². The molecule has 0 amide bonds. The van der Waals surface area contributed by atoms with Crippen molar-refractivity contribution in [1.82, 2.24) is 9.55 Å². The Morgan fingerprint density at radius 1 is 1.07 bits per heavy atom. The van der Waals surface area contributed by atoms with Gasteiger partial charge in [-0.1, -0.05) is 32.9 Å². The van der Waals surface area contributed by atoms with Gasteiger partial charge in [-0.2, -0.15) is 0 Å². The van der Waals surface area contributed by atoms with E-state index in [2.05, 4.69) is 54.9 Å². The summed E-state index contributed by atoms with van der Waals surface area (Å²) in [4.78, 5) is 4.92. The topological polar surface area (TPSA) is 39.1 Å². The first-order valence-electron chi connectivity index (χ1n) is 9.83. The summed E-state index contributed by atoms with van der Waals surface area (Å²) in [5, 5.41) is 3.55. The molecule has 4 nitrogen and oxygen atoms in total. The molecule has 1 aliphatic rings. The highest BCUT2D eigenvalue weighted by atomic mass is 16.5. The van der Waals surface area contributed by atoms with E-state index in [9.17, 15) is 0 Å². The minimum absolute atomic E-state index is 0.352. The lowest BCUT2D eigenvalue weighted by Crippen LogP contribution is -2.29. The quantitative estimate of drug-likeness (QED) is 0.602. The van der Waals surface area contributed by atoms with Crippen molar-refractivity contribution in [3.8, 4) is 5.75 Å². The number of methoxy groups -OCH3 is 1. The summed E-state index contributed by atoms with van der Waals surface area (Å²) in [6.07, 6.45) is 3.66. The van der Waals surface area contributed by atoms with E-state index in [4.69, 9.17) is 9.72 Å². The van der Waals surface area contributed by atoms with Crippen LogP contribution in [0.25, 0.3) is 11.0 Å². The Morgan fingerprint density at radius 2 is 1.81 bits per heavy atom. The standard InChI is InChI=1S/C23H29N3O/c1-16-13-18(15-23(2,3)14-16)26-21-8-6-5-7-20(21)25-22(26)24-17-9-11-19(27-4)12-10-17/h5-12,16,18H,13-15H2,1-4H3,(H,24,25)/t16-,18+/m0/s1. The number of para-hydroxylation sites is 2. The fraction of sp³-hybridized carbons (Fsp3) is 0.435. The number of nitrogens with one attached hydrogen (secondary N) is 1. The molecule has 0 bridgehead atoms. The molecule has 1 N–H and O–H groups in total. The number of rotatable bonds is 4. The molecule has 4 heteroatoms. The van der Waals surface area contributed by atoms with Crippen molar-refractivity contribution in [3.63, 3.8) is 0 Å². The van der Waals surface area contributed by atoms with Gasteiger partial charge in [0.1, 0.15) is 5.75 Å². The number of ether oxygens (including phenoxy) is 1. The van der Waals surface area contributed by atoms with Crippen molar-refractivity contribution in [2.45, 2.75) is 46.1 Å². The Balaban J connectivity index is 1.75. The molecule has 4 rings (SSSR count). The van der Waals surface area contributed by atoms with Gasteiger partial charge in [0.15, 0.2) is 0 Å². The lowest BCUT2D eigenvalue weighted by Gasteiger charge is -2.40. The fourth-order valence-corrected chi connectivity index (χ4v) is 4.80. The average molecular weight is 364 g/mol. The van der Waals surface area contributed by atoms with Crippen LogP contribution in [0.3, 0.4) is 0 Å². The van der Waals surface area contributed by atoms with Gasteiger partial charge in [0.05, 0.1) is 18.1 Å². The summed E-state index contributed by atoms with van der Waals surface area (Å²) in [5.41, 5.74) is 3.63. The molecule has 1 fully saturated rings. The first kappa shape index (κ1) is 17.9. The maximum atomic E-state index is 5.27. The minimum Gasteiger partial charge on any atom is -0.497 e. The zero-order chi connectivity index (χ0) is 19.0. The third kappa shape index (κ3) is 3.66. The number of aromatic nitrogens is 2. The van der Waals surface area contributed by atoms with E-state index in [1.165, 1.54) is 24.8 Å². The van der Waals surface area contributed by atoms with Crippen LogP contribution in [0.4, 0.5) is 11.6 Å². The second-order valence-corrected chi connectivity index (χ2v) is 8.71. The molecule has 0 unspecified atom stereocenters. The number of anilines is 2. The molecule has 142 valence electrons. The predicted octanol–water partition coefficient (Wildman–Crippen LogP) is 6.18. The summed E-state index contributed by atoms with van der Waals surface area (Å²) in [6.45, 7) is 7.17. The highest BCUT2D eigenvalue weighted by Crippen LogP contribution is 2.46. The summed E-state index contributed by atoms with van der Waals surface area (Å²) in [5.74, 6) is 2.50. The molecule has 1 saturated carbocycles. The lowest BCUT2D eigenvalue weighted by atomic mass is 9.70. The van der Waals surface area contributed by atoms with Gasteiger partial charge in [0.2, 0.25) is 5.95 Å². The Bertz CT molecular complexity index is 926. The summed E-state index contributed by atoms with van der Waals surface area (Å²) >= 11 is 0. The van der Waals surface area contributed by atoms with Crippen LogP contribution in [0, 0.1) is 11.3 Å². The molecule has 1 aromatic heterocycles. The van der Waals surface area contributed by atoms with Crippen molar-refractivity contribution in [1.29, 1.82) is 0 Å². The predicted molar refractivity (Wildman–Crippen MR) is 112 cm³/mol. The maximum Gasteiger partial charge on any atom is 0.208 e. The molecule has 0 spiro atoms.